The summed E-state index contributed by atoms with van der Waals surface area (Å²) in [5.41, 5.74) is 1.78. The molecule has 2 N–H and O–H groups in total. The van der Waals surface area contributed by atoms with E-state index >= 15 is 0 Å². The fraction of sp³-hybridized carbons (Fsp3) is 0.235. The summed E-state index contributed by atoms with van der Waals surface area (Å²) in [5.74, 6) is -0.0844. The summed E-state index contributed by atoms with van der Waals surface area (Å²) in [6.07, 6.45) is 0.548. The molecular weight excluding hydrogens is 252 g/mol. The van der Waals surface area contributed by atoms with E-state index in [0.29, 0.717) is 24.0 Å². The van der Waals surface area contributed by atoms with Gasteiger partial charge in [0, 0.05) is 11.1 Å². The van der Waals surface area contributed by atoms with E-state index in [1.54, 1.807) is 36.4 Å². The van der Waals surface area contributed by atoms with Crippen molar-refractivity contribution in [1.29, 1.82) is 0 Å². The topological polar surface area (TPSA) is 57.5 Å². The number of phenols is 1. The molecule has 0 amide bonds. The van der Waals surface area contributed by atoms with Gasteiger partial charge in [-0.05, 0) is 30.5 Å². The van der Waals surface area contributed by atoms with Crippen LogP contribution in [0.2, 0.25) is 0 Å². The number of aliphatic hydroxyl groups excluding tert-OH is 1. The smallest absolute Gasteiger partial charge is 0.193 e. The van der Waals surface area contributed by atoms with Crippen LogP contribution in [-0.4, -0.2) is 22.1 Å². The SMILES string of the molecule is CCC(O)Cc1ccc(O)cc1C(=O)c1ccccc1. The van der Waals surface area contributed by atoms with Gasteiger partial charge in [0.1, 0.15) is 5.75 Å². The Morgan fingerprint density at radius 1 is 1.15 bits per heavy atom. The van der Waals surface area contributed by atoms with Gasteiger partial charge < -0.3 is 10.2 Å². The van der Waals surface area contributed by atoms with Gasteiger partial charge in [-0.2, -0.15) is 0 Å². The zero-order valence-electron chi connectivity index (χ0n) is 11.4. The summed E-state index contributed by atoms with van der Waals surface area (Å²) >= 11 is 0. The molecule has 2 aromatic rings. The van der Waals surface area contributed by atoms with Crippen LogP contribution in [0.25, 0.3) is 0 Å². The minimum atomic E-state index is -0.484. The summed E-state index contributed by atoms with van der Waals surface area (Å²) in [5, 5.41) is 19.4. The first-order valence-corrected chi connectivity index (χ1v) is 6.71. The molecule has 104 valence electrons. The average molecular weight is 270 g/mol. The molecule has 0 aliphatic carbocycles. The summed E-state index contributed by atoms with van der Waals surface area (Å²) in [4.78, 5) is 12.5. The van der Waals surface area contributed by atoms with Crippen molar-refractivity contribution in [3.05, 3.63) is 65.2 Å². The lowest BCUT2D eigenvalue weighted by Crippen LogP contribution is -2.13. The van der Waals surface area contributed by atoms with Crippen LogP contribution in [0.3, 0.4) is 0 Å². The van der Waals surface area contributed by atoms with Gasteiger partial charge >= 0.3 is 0 Å². The minimum absolute atomic E-state index is 0.0546. The molecule has 20 heavy (non-hydrogen) atoms. The van der Waals surface area contributed by atoms with Gasteiger partial charge in [-0.3, -0.25) is 4.79 Å². The van der Waals surface area contributed by atoms with Gasteiger partial charge in [0.15, 0.2) is 5.78 Å². The van der Waals surface area contributed by atoms with Crippen LogP contribution in [0.5, 0.6) is 5.75 Å². The molecule has 0 aliphatic rings. The summed E-state index contributed by atoms with van der Waals surface area (Å²) in [6.45, 7) is 1.89. The molecule has 0 saturated heterocycles. The molecule has 0 aliphatic heterocycles. The number of carbonyl (C=O) groups excluding carboxylic acids is 1. The first kappa shape index (κ1) is 14.3. The number of benzene rings is 2. The fourth-order valence-corrected chi connectivity index (χ4v) is 2.10. The Morgan fingerprint density at radius 2 is 1.85 bits per heavy atom. The Kier molecular flexibility index (Phi) is 4.53. The summed E-state index contributed by atoms with van der Waals surface area (Å²) in [7, 11) is 0. The van der Waals surface area contributed by atoms with Crippen molar-refractivity contribution in [2.24, 2.45) is 0 Å². The van der Waals surface area contributed by atoms with Crippen LogP contribution in [-0.2, 0) is 6.42 Å². The van der Waals surface area contributed by atoms with Gasteiger partial charge in [-0.15, -0.1) is 0 Å². The van der Waals surface area contributed by atoms with Crippen molar-refractivity contribution >= 4 is 5.78 Å². The van der Waals surface area contributed by atoms with E-state index in [1.807, 2.05) is 13.0 Å². The van der Waals surface area contributed by atoms with Crippen LogP contribution < -0.4 is 0 Å². The lowest BCUT2D eigenvalue weighted by Gasteiger charge is -2.12. The van der Waals surface area contributed by atoms with E-state index in [0.717, 1.165) is 5.56 Å². The maximum Gasteiger partial charge on any atom is 0.193 e. The molecule has 1 unspecified atom stereocenters. The van der Waals surface area contributed by atoms with Gasteiger partial charge in [0.2, 0.25) is 0 Å². The van der Waals surface area contributed by atoms with Gasteiger partial charge in [0.25, 0.3) is 0 Å². The van der Waals surface area contributed by atoms with Crippen molar-refractivity contribution in [2.45, 2.75) is 25.9 Å². The lowest BCUT2D eigenvalue weighted by molar-refractivity contribution is 0.103. The predicted octanol–water partition coefficient (Wildman–Crippen LogP) is 2.94. The highest BCUT2D eigenvalue weighted by atomic mass is 16.3. The summed E-state index contributed by atoms with van der Waals surface area (Å²) < 4.78 is 0. The van der Waals surface area contributed by atoms with Crippen LogP contribution in [0, 0.1) is 0 Å². The first-order chi connectivity index (χ1) is 9.61. The summed E-state index contributed by atoms with van der Waals surface area (Å²) in [6, 6.07) is 13.6. The Morgan fingerprint density at radius 3 is 2.50 bits per heavy atom. The van der Waals surface area contributed by atoms with Crippen molar-refractivity contribution in [3.8, 4) is 5.75 Å². The minimum Gasteiger partial charge on any atom is -0.508 e. The molecule has 2 aromatic carbocycles. The third-order valence-electron chi connectivity index (χ3n) is 3.30. The van der Waals surface area contributed by atoms with Crippen LogP contribution in [0.1, 0.15) is 34.8 Å². The van der Waals surface area contributed by atoms with E-state index in [1.165, 1.54) is 6.07 Å². The maximum atomic E-state index is 12.5. The largest absolute Gasteiger partial charge is 0.508 e. The van der Waals surface area contributed by atoms with Crippen molar-refractivity contribution in [3.63, 3.8) is 0 Å². The first-order valence-electron chi connectivity index (χ1n) is 6.71. The molecule has 0 spiro atoms. The van der Waals surface area contributed by atoms with Crippen molar-refractivity contribution < 1.29 is 15.0 Å². The highest BCUT2D eigenvalue weighted by molar-refractivity contribution is 6.10. The van der Waals surface area contributed by atoms with E-state index in [4.69, 9.17) is 0 Å². The van der Waals surface area contributed by atoms with Gasteiger partial charge in [0.05, 0.1) is 6.10 Å². The second-order valence-electron chi connectivity index (χ2n) is 4.80. The molecule has 0 bridgehead atoms. The molecule has 1 atom stereocenters. The number of rotatable bonds is 5. The van der Waals surface area contributed by atoms with Crippen LogP contribution >= 0.6 is 0 Å². The van der Waals surface area contributed by atoms with E-state index in [9.17, 15) is 15.0 Å². The third-order valence-corrected chi connectivity index (χ3v) is 3.30. The monoisotopic (exact) mass is 270 g/mol. The number of carbonyl (C=O) groups is 1. The number of aliphatic hydroxyl groups is 1. The molecule has 0 radical (unpaired) electrons. The molecule has 2 rings (SSSR count). The molecule has 3 nitrogen and oxygen atoms in total. The number of aromatic hydroxyl groups is 1. The second kappa shape index (κ2) is 6.35. The molecule has 3 heteroatoms. The normalized spacial score (nSPS) is 12.1. The highest BCUT2D eigenvalue weighted by Crippen LogP contribution is 2.22. The lowest BCUT2D eigenvalue weighted by atomic mass is 9.94. The Balaban J connectivity index is 2.39. The Bertz CT molecular complexity index is 590. The van der Waals surface area contributed by atoms with E-state index < -0.39 is 6.10 Å². The van der Waals surface area contributed by atoms with Gasteiger partial charge in [-0.1, -0.05) is 43.3 Å². The van der Waals surface area contributed by atoms with E-state index in [2.05, 4.69) is 0 Å². The Labute approximate surface area is 118 Å². The fourth-order valence-electron chi connectivity index (χ4n) is 2.10. The molecule has 0 fully saturated rings. The van der Waals surface area contributed by atoms with Crippen molar-refractivity contribution in [2.75, 3.05) is 0 Å². The number of phenolic OH excluding ortho intramolecular Hbond substituents is 1. The predicted molar refractivity (Wildman–Crippen MR) is 78.0 cm³/mol. The third kappa shape index (κ3) is 3.25. The van der Waals surface area contributed by atoms with Gasteiger partial charge in [-0.25, -0.2) is 0 Å². The quantitative estimate of drug-likeness (QED) is 0.821. The zero-order valence-corrected chi connectivity index (χ0v) is 11.4. The number of hydrogen-bond acceptors (Lipinski definition) is 3. The molecule has 0 aromatic heterocycles. The Hall–Kier alpha value is -2.13. The van der Waals surface area contributed by atoms with Crippen molar-refractivity contribution in [1.82, 2.24) is 0 Å². The van der Waals surface area contributed by atoms with Crippen LogP contribution in [0.4, 0.5) is 0 Å². The number of hydrogen-bond donors (Lipinski definition) is 2. The standard InChI is InChI=1S/C17H18O3/c1-2-14(18)10-13-8-9-15(19)11-16(13)17(20)12-6-4-3-5-7-12/h3-9,11,14,18-19H,2,10H2,1H3. The second-order valence-corrected chi connectivity index (χ2v) is 4.80. The molecular formula is C17H18O3. The van der Waals surface area contributed by atoms with Crippen LogP contribution in [0.15, 0.2) is 48.5 Å². The highest BCUT2D eigenvalue weighted by Gasteiger charge is 2.16. The average Bonchev–Trinajstić information content (AvgIpc) is 2.49. The maximum absolute atomic E-state index is 12.5. The number of ketones is 1. The zero-order chi connectivity index (χ0) is 14.5. The van der Waals surface area contributed by atoms with E-state index in [-0.39, 0.29) is 11.5 Å². The molecule has 0 saturated carbocycles. The molecule has 0 heterocycles.